The number of hydrogen-bond acceptors (Lipinski definition) is 1. The predicted octanol–water partition coefficient (Wildman–Crippen LogP) is 4.30. The van der Waals surface area contributed by atoms with Gasteiger partial charge in [0.05, 0.1) is 5.56 Å². The summed E-state index contributed by atoms with van der Waals surface area (Å²) in [5, 5.41) is 2.87. The van der Waals surface area contributed by atoms with E-state index in [0.29, 0.717) is 17.7 Å². The molecular formula is C17H17BrFNO. The van der Waals surface area contributed by atoms with Gasteiger partial charge in [-0.2, -0.15) is 0 Å². The fourth-order valence-electron chi connectivity index (χ4n) is 2.15. The molecular weight excluding hydrogens is 333 g/mol. The largest absolute Gasteiger partial charge is 0.351 e. The van der Waals surface area contributed by atoms with Crippen LogP contribution in [0.5, 0.6) is 0 Å². The van der Waals surface area contributed by atoms with Crippen molar-refractivity contribution < 1.29 is 9.18 Å². The molecule has 0 heterocycles. The maximum Gasteiger partial charge on any atom is 0.252 e. The van der Waals surface area contributed by atoms with Crippen LogP contribution in [0.4, 0.5) is 4.39 Å². The molecule has 0 aromatic heterocycles. The molecule has 2 rings (SSSR count). The first kappa shape index (κ1) is 15.7. The monoisotopic (exact) mass is 349 g/mol. The Morgan fingerprint density at radius 1 is 1.14 bits per heavy atom. The Morgan fingerprint density at radius 3 is 2.43 bits per heavy atom. The second-order valence-electron chi connectivity index (χ2n) is 5.53. The lowest BCUT2D eigenvalue weighted by Gasteiger charge is -2.26. The highest BCUT2D eigenvalue weighted by molar-refractivity contribution is 9.10. The number of rotatable bonds is 4. The van der Waals surface area contributed by atoms with Crippen molar-refractivity contribution in [3.8, 4) is 0 Å². The molecule has 2 aromatic rings. The molecule has 1 N–H and O–H groups in total. The molecule has 0 aliphatic carbocycles. The molecule has 0 bridgehead atoms. The van der Waals surface area contributed by atoms with E-state index in [1.54, 1.807) is 24.3 Å². The standard InChI is InChI=1S/C17H17BrFNO/c1-17(2,13-8-4-6-10-15(13)19)11-20-16(21)12-7-3-5-9-14(12)18/h3-10H,11H2,1-2H3,(H,20,21). The van der Waals surface area contributed by atoms with Crippen LogP contribution < -0.4 is 5.32 Å². The summed E-state index contributed by atoms with van der Waals surface area (Å²) in [6, 6.07) is 13.9. The van der Waals surface area contributed by atoms with Gasteiger partial charge in [-0.15, -0.1) is 0 Å². The van der Waals surface area contributed by atoms with Gasteiger partial charge >= 0.3 is 0 Å². The number of carbonyl (C=O) groups is 1. The first-order chi connectivity index (χ1) is 9.92. The van der Waals surface area contributed by atoms with E-state index < -0.39 is 5.41 Å². The Balaban J connectivity index is 2.11. The molecule has 21 heavy (non-hydrogen) atoms. The van der Waals surface area contributed by atoms with E-state index >= 15 is 0 Å². The van der Waals surface area contributed by atoms with Crippen molar-refractivity contribution in [2.75, 3.05) is 6.54 Å². The van der Waals surface area contributed by atoms with Gasteiger partial charge in [0.1, 0.15) is 5.82 Å². The van der Waals surface area contributed by atoms with E-state index in [-0.39, 0.29) is 11.7 Å². The van der Waals surface area contributed by atoms with Crippen LogP contribution in [0.1, 0.15) is 29.8 Å². The Hall–Kier alpha value is -1.68. The lowest BCUT2D eigenvalue weighted by Crippen LogP contribution is -2.37. The van der Waals surface area contributed by atoms with Gasteiger partial charge in [0.15, 0.2) is 0 Å². The molecule has 0 saturated heterocycles. The van der Waals surface area contributed by atoms with Crippen LogP contribution in [0.3, 0.4) is 0 Å². The highest BCUT2D eigenvalue weighted by Crippen LogP contribution is 2.25. The van der Waals surface area contributed by atoms with Gasteiger partial charge in [-0.05, 0) is 39.7 Å². The summed E-state index contributed by atoms with van der Waals surface area (Å²) in [4.78, 5) is 12.2. The Kier molecular flexibility index (Phi) is 4.78. The van der Waals surface area contributed by atoms with Crippen LogP contribution in [-0.4, -0.2) is 12.5 Å². The maximum atomic E-state index is 13.9. The van der Waals surface area contributed by atoms with Crippen LogP contribution in [0.25, 0.3) is 0 Å². The van der Waals surface area contributed by atoms with Crippen LogP contribution in [0.15, 0.2) is 53.0 Å². The van der Waals surface area contributed by atoms with E-state index in [4.69, 9.17) is 0 Å². The summed E-state index contributed by atoms with van der Waals surface area (Å²) >= 11 is 3.35. The Bertz CT molecular complexity index is 655. The van der Waals surface area contributed by atoms with Crippen LogP contribution in [0, 0.1) is 5.82 Å². The Labute approximate surface area is 132 Å². The summed E-state index contributed by atoms with van der Waals surface area (Å²) in [7, 11) is 0. The topological polar surface area (TPSA) is 29.1 Å². The van der Waals surface area contributed by atoms with Crippen molar-refractivity contribution in [1.29, 1.82) is 0 Å². The molecule has 0 aliphatic rings. The van der Waals surface area contributed by atoms with E-state index in [0.717, 1.165) is 4.47 Å². The fraction of sp³-hybridized carbons (Fsp3) is 0.235. The van der Waals surface area contributed by atoms with Crippen molar-refractivity contribution in [2.24, 2.45) is 0 Å². The van der Waals surface area contributed by atoms with Crippen LogP contribution in [-0.2, 0) is 5.41 Å². The summed E-state index contributed by atoms with van der Waals surface area (Å²) in [6.07, 6.45) is 0. The number of carbonyl (C=O) groups excluding carboxylic acids is 1. The minimum absolute atomic E-state index is 0.174. The molecule has 0 saturated carbocycles. The number of benzene rings is 2. The van der Waals surface area contributed by atoms with Gasteiger partial charge in [0.25, 0.3) is 5.91 Å². The summed E-state index contributed by atoms with van der Waals surface area (Å²) in [6.45, 7) is 4.17. The summed E-state index contributed by atoms with van der Waals surface area (Å²) in [5.41, 5.74) is 0.682. The average molecular weight is 350 g/mol. The molecule has 0 aliphatic heterocycles. The lowest BCUT2D eigenvalue weighted by atomic mass is 9.84. The molecule has 4 heteroatoms. The van der Waals surface area contributed by atoms with E-state index in [2.05, 4.69) is 21.2 Å². The maximum absolute atomic E-state index is 13.9. The van der Waals surface area contributed by atoms with E-state index in [9.17, 15) is 9.18 Å². The quantitative estimate of drug-likeness (QED) is 0.875. The normalized spacial score (nSPS) is 11.2. The third kappa shape index (κ3) is 3.70. The third-order valence-corrected chi connectivity index (χ3v) is 4.10. The molecule has 0 unspecified atom stereocenters. The molecule has 2 nitrogen and oxygen atoms in total. The first-order valence-corrected chi connectivity index (χ1v) is 7.49. The SMILES string of the molecule is CC(C)(CNC(=O)c1ccccc1Br)c1ccccc1F. The van der Waals surface area contributed by atoms with Crippen molar-refractivity contribution in [3.63, 3.8) is 0 Å². The number of halogens is 2. The Morgan fingerprint density at radius 2 is 1.76 bits per heavy atom. The van der Waals surface area contributed by atoms with Gasteiger partial charge in [0, 0.05) is 16.4 Å². The minimum atomic E-state index is -0.484. The van der Waals surface area contributed by atoms with E-state index in [1.165, 1.54) is 6.07 Å². The lowest BCUT2D eigenvalue weighted by molar-refractivity contribution is 0.0944. The third-order valence-electron chi connectivity index (χ3n) is 3.41. The zero-order chi connectivity index (χ0) is 15.5. The zero-order valence-corrected chi connectivity index (χ0v) is 13.6. The number of hydrogen-bond donors (Lipinski definition) is 1. The predicted molar refractivity (Wildman–Crippen MR) is 85.9 cm³/mol. The van der Waals surface area contributed by atoms with Crippen molar-refractivity contribution >= 4 is 21.8 Å². The van der Waals surface area contributed by atoms with Crippen LogP contribution in [0.2, 0.25) is 0 Å². The molecule has 110 valence electrons. The van der Waals surface area contributed by atoms with Crippen molar-refractivity contribution in [3.05, 3.63) is 69.9 Å². The summed E-state index contributed by atoms with van der Waals surface area (Å²) in [5.74, 6) is -0.426. The number of amides is 1. The summed E-state index contributed by atoms with van der Waals surface area (Å²) < 4.78 is 14.6. The minimum Gasteiger partial charge on any atom is -0.351 e. The highest BCUT2D eigenvalue weighted by atomic mass is 79.9. The molecule has 0 fully saturated rings. The van der Waals surface area contributed by atoms with Crippen molar-refractivity contribution in [1.82, 2.24) is 5.32 Å². The average Bonchev–Trinajstić information content (AvgIpc) is 2.45. The smallest absolute Gasteiger partial charge is 0.252 e. The van der Waals surface area contributed by atoms with Gasteiger partial charge in [-0.3, -0.25) is 4.79 Å². The van der Waals surface area contributed by atoms with E-state index in [1.807, 2.05) is 32.0 Å². The van der Waals surface area contributed by atoms with Gasteiger partial charge in [0.2, 0.25) is 0 Å². The van der Waals surface area contributed by atoms with Gasteiger partial charge in [-0.1, -0.05) is 44.2 Å². The molecule has 2 aromatic carbocycles. The molecule has 0 atom stereocenters. The van der Waals surface area contributed by atoms with Crippen molar-refractivity contribution in [2.45, 2.75) is 19.3 Å². The van der Waals surface area contributed by atoms with Gasteiger partial charge in [-0.25, -0.2) is 4.39 Å². The van der Waals surface area contributed by atoms with Gasteiger partial charge < -0.3 is 5.32 Å². The number of nitrogens with one attached hydrogen (secondary N) is 1. The molecule has 0 spiro atoms. The fourth-order valence-corrected chi connectivity index (χ4v) is 2.61. The molecule has 0 radical (unpaired) electrons. The molecule has 1 amide bonds. The first-order valence-electron chi connectivity index (χ1n) is 6.69. The second-order valence-corrected chi connectivity index (χ2v) is 6.38. The zero-order valence-electron chi connectivity index (χ0n) is 12.0. The van der Waals surface area contributed by atoms with Crippen LogP contribution >= 0.6 is 15.9 Å². The highest BCUT2D eigenvalue weighted by Gasteiger charge is 2.25. The second kappa shape index (κ2) is 6.39.